The fourth-order valence-corrected chi connectivity index (χ4v) is 4.49. The molecule has 0 saturated heterocycles. The minimum atomic E-state index is -0.193. The van der Waals surface area contributed by atoms with Crippen LogP contribution in [0.15, 0.2) is 84.9 Å². The van der Waals surface area contributed by atoms with Crippen LogP contribution in [0.2, 0.25) is 0 Å². The number of carbonyl (C=O) groups excluding carboxylic acids is 2. The van der Waals surface area contributed by atoms with Gasteiger partial charge >= 0.3 is 0 Å². The Morgan fingerprint density at radius 2 is 0.932 bits per heavy atom. The van der Waals surface area contributed by atoms with E-state index in [0.29, 0.717) is 62.3 Å². The van der Waals surface area contributed by atoms with Crippen LogP contribution >= 0.6 is 0 Å². The average molecular weight is 597 g/mol. The van der Waals surface area contributed by atoms with Crippen molar-refractivity contribution in [3.63, 3.8) is 0 Å². The number of aryl methyl sites for hydroxylation is 2. The topological polar surface area (TPSA) is 95.1 Å². The second kappa shape index (κ2) is 16.3. The molecule has 0 unspecified atom stereocenters. The van der Waals surface area contributed by atoms with Crippen LogP contribution in [0.1, 0.15) is 45.7 Å². The monoisotopic (exact) mass is 596 g/mol. The molecule has 0 bridgehead atoms. The number of rotatable bonds is 15. The third kappa shape index (κ3) is 9.17. The Morgan fingerprint density at radius 1 is 0.545 bits per heavy atom. The predicted molar refractivity (Wildman–Crippen MR) is 174 cm³/mol. The summed E-state index contributed by atoms with van der Waals surface area (Å²) >= 11 is 0. The molecule has 4 aromatic carbocycles. The van der Waals surface area contributed by atoms with E-state index in [0.717, 1.165) is 33.6 Å². The lowest BCUT2D eigenvalue weighted by Gasteiger charge is -2.13. The maximum atomic E-state index is 12.9. The van der Waals surface area contributed by atoms with Crippen LogP contribution in [0.5, 0.6) is 11.5 Å². The van der Waals surface area contributed by atoms with E-state index < -0.39 is 0 Å². The molecule has 230 valence electrons. The molecule has 4 rings (SSSR count). The first-order chi connectivity index (χ1) is 21.4. The van der Waals surface area contributed by atoms with Gasteiger partial charge in [0.15, 0.2) is 0 Å². The van der Waals surface area contributed by atoms with Crippen molar-refractivity contribution in [2.75, 3.05) is 50.3 Å². The molecule has 0 spiro atoms. The number of hydrogen-bond donors (Lipinski definition) is 2. The molecule has 0 atom stereocenters. The summed E-state index contributed by atoms with van der Waals surface area (Å²) in [6.45, 7) is 11.1. The van der Waals surface area contributed by atoms with Crippen molar-refractivity contribution >= 4 is 23.2 Å². The summed E-state index contributed by atoms with van der Waals surface area (Å²) in [6.07, 6.45) is 0. The quantitative estimate of drug-likeness (QED) is 0.140. The highest BCUT2D eigenvalue weighted by Crippen LogP contribution is 2.29. The van der Waals surface area contributed by atoms with Gasteiger partial charge in [0, 0.05) is 35.7 Å². The number of carbonyl (C=O) groups is 2. The van der Waals surface area contributed by atoms with Gasteiger partial charge in [0.2, 0.25) is 0 Å². The van der Waals surface area contributed by atoms with E-state index in [4.69, 9.17) is 18.9 Å². The van der Waals surface area contributed by atoms with Gasteiger partial charge < -0.3 is 29.6 Å². The smallest absolute Gasteiger partial charge is 0.255 e. The standard InChI is InChI=1S/C36H40N2O6/c1-5-41-19-21-43-31-13-7-27(8-14-31)35(39)37-33-17-11-29(23-25(33)3)30-12-18-34(26(4)24-30)38-36(40)28-9-15-32(16-10-28)44-22-20-42-6-2/h7-18,23-24H,5-6,19-22H2,1-4H3,(H,37,39)(H,38,40). The molecular weight excluding hydrogens is 556 g/mol. The largest absolute Gasteiger partial charge is 0.491 e. The molecule has 0 aliphatic rings. The lowest BCUT2D eigenvalue weighted by atomic mass is 9.99. The van der Waals surface area contributed by atoms with Crippen molar-refractivity contribution in [1.29, 1.82) is 0 Å². The Kier molecular flexibility index (Phi) is 11.9. The lowest BCUT2D eigenvalue weighted by Crippen LogP contribution is -2.13. The van der Waals surface area contributed by atoms with Gasteiger partial charge in [0.1, 0.15) is 24.7 Å². The second-order valence-corrected chi connectivity index (χ2v) is 10.1. The van der Waals surface area contributed by atoms with E-state index >= 15 is 0 Å². The highest BCUT2D eigenvalue weighted by atomic mass is 16.5. The Bertz CT molecular complexity index is 1420. The average Bonchev–Trinajstić information content (AvgIpc) is 3.04. The van der Waals surface area contributed by atoms with Crippen LogP contribution in [-0.2, 0) is 9.47 Å². The van der Waals surface area contributed by atoms with Crippen molar-refractivity contribution < 1.29 is 28.5 Å². The van der Waals surface area contributed by atoms with Gasteiger partial charge in [0.25, 0.3) is 11.8 Å². The zero-order valence-electron chi connectivity index (χ0n) is 25.8. The molecule has 2 N–H and O–H groups in total. The third-order valence-electron chi connectivity index (χ3n) is 6.92. The zero-order chi connectivity index (χ0) is 31.3. The first-order valence-electron chi connectivity index (χ1n) is 14.8. The van der Waals surface area contributed by atoms with Gasteiger partial charge in [0.05, 0.1) is 13.2 Å². The molecule has 0 fully saturated rings. The molecule has 44 heavy (non-hydrogen) atoms. The summed E-state index contributed by atoms with van der Waals surface area (Å²) in [7, 11) is 0. The Hall–Kier alpha value is -4.66. The van der Waals surface area contributed by atoms with Gasteiger partial charge in [-0.1, -0.05) is 12.1 Å². The fraction of sp³-hybridized carbons (Fsp3) is 0.278. The van der Waals surface area contributed by atoms with Crippen molar-refractivity contribution in [3.05, 3.63) is 107 Å². The SMILES string of the molecule is CCOCCOc1ccc(C(=O)Nc2ccc(-c3ccc(NC(=O)c4ccc(OCCOCC)cc4)c(C)c3)cc2C)cc1. The molecule has 8 nitrogen and oxygen atoms in total. The van der Waals surface area contributed by atoms with Crippen LogP contribution in [0.25, 0.3) is 11.1 Å². The summed E-state index contributed by atoms with van der Waals surface area (Å²) in [5.41, 5.74) is 6.45. The van der Waals surface area contributed by atoms with Gasteiger partial charge in [-0.3, -0.25) is 9.59 Å². The maximum Gasteiger partial charge on any atom is 0.255 e. The summed E-state index contributed by atoms with van der Waals surface area (Å²) in [5, 5.41) is 6.00. The highest BCUT2D eigenvalue weighted by molar-refractivity contribution is 6.05. The van der Waals surface area contributed by atoms with E-state index in [1.165, 1.54) is 0 Å². The van der Waals surface area contributed by atoms with E-state index in [9.17, 15) is 9.59 Å². The van der Waals surface area contributed by atoms with Gasteiger partial charge in [-0.25, -0.2) is 0 Å². The molecule has 0 radical (unpaired) electrons. The molecule has 0 aliphatic heterocycles. The minimum Gasteiger partial charge on any atom is -0.491 e. The van der Waals surface area contributed by atoms with E-state index in [1.807, 2.05) is 64.1 Å². The highest BCUT2D eigenvalue weighted by Gasteiger charge is 2.12. The molecule has 0 aromatic heterocycles. The number of anilines is 2. The molecule has 0 heterocycles. The van der Waals surface area contributed by atoms with Crippen LogP contribution < -0.4 is 20.1 Å². The summed E-state index contributed by atoms with van der Waals surface area (Å²) in [6, 6.07) is 25.9. The van der Waals surface area contributed by atoms with Crippen molar-refractivity contribution in [1.82, 2.24) is 0 Å². The van der Waals surface area contributed by atoms with Crippen LogP contribution in [0.4, 0.5) is 11.4 Å². The zero-order valence-corrected chi connectivity index (χ0v) is 25.8. The Morgan fingerprint density at radius 3 is 1.27 bits per heavy atom. The predicted octanol–water partition coefficient (Wildman–Crippen LogP) is 7.31. The normalized spacial score (nSPS) is 10.7. The van der Waals surface area contributed by atoms with Crippen molar-refractivity contribution in [2.24, 2.45) is 0 Å². The number of nitrogens with one attached hydrogen (secondary N) is 2. The first kappa shape index (κ1) is 32.3. The molecule has 8 heteroatoms. The van der Waals surface area contributed by atoms with Crippen molar-refractivity contribution in [3.8, 4) is 22.6 Å². The van der Waals surface area contributed by atoms with Crippen LogP contribution in [0, 0.1) is 13.8 Å². The van der Waals surface area contributed by atoms with Crippen molar-refractivity contribution in [2.45, 2.75) is 27.7 Å². The number of hydrogen-bond acceptors (Lipinski definition) is 6. The van der Waals surface area contributed by atoms with E-state index in [1.54, 1.807) is 48.5 Å². The number of amides is 2. The van der Waals surface area contributed by atoms with E-state index in [2.05, 4.69) is 10.6 Å². The van der Waals surface area contributed by atoms with Crippen LogP contribution in [0.3, 0.4) is 0 Å². The molecule has 4 aromatic rings. The van der Waals surface area contributed by atoms with Gasteiger partial charge in [-0.05, 0) is 123 Å². The second-order valence-electron chi connectivity index (χ2n) is 10.1. The summed E-state index contributed by atoms with van der Waals surface area (Å²) < 4.78 is 21.8. The van der Waals surface area contributed by atoms with E-state index in [-0.39, 0.29) is 11.8 Å². The number of ether oxygens (including phenoxy) is 4. The maximum absolute atomic E-state index is 12.9. The number of benzene rings is 4. The summed E-state index contributed by atoms with van der Waals surface area (Å²) in [5.74, 6) is 0.995. The van der Waals surface area contributed by atoms with Gasteiger partial charge in [-0.15, -0.1) is 0 Å². The third-order valence-corrected chi connectivity index (χ3v) is 6.92. The molecule has 2 amide bonds. The van der Waals surface area contributed by atoms with Crippen LogP contribution in [-0.4, -0.2) is 51.5 Å². The summed E-state index contributed by atoms with van der Waals surface area (Å²) in [4.78, 5) is 25.7. The Balaban J connectivity index is 1.34. The lowest BCUT2D eigenvalue weighted by molar-refractivity contribution is 0.101. The first-order valence-corrected chi connectivity index (χ1v) is 14.8. The van der Waals surface area contributed by atoms with Gasteiger partial charge in [-0.2, -0.15) is 0 Å². The molecule has 0 saturated carbocycles. The Labute approximate surface area is 259 Å². The fourth-order valence-electron chi connectivity index (χ4n) is 4.49. The molecule has 0 aliphatic carbocycles. The minimum absolute atomic E-state index is 0.193. The molecular formula is C36H40N2O6.